The first-order chi connectivity index (χ1) is 13.0. The highest BCUT2D eigenvalue weighted by Crippen LogP contribution is 2.26. The summed E-state index contributed by atoms with van der Waals surface area (Å²) in [5, 5.41) is 14.6. The highest BCUT2D eigenvalue weighted by Gasteiger charge is 2.29. The molecule has 3 N–H and O–H groups in total. The van der Waals surface area contributed by atoms with Crippen LogP contribution < -0.4 is 10.6 Å². The zero-order valence-electron chi connectivity index (χ0n) is 16.6. The number of rotatable bonds is 5. The van der Waals surface area contributed by atoms with Crippen LogP contribution in [0.4, 0.5) is 10.2 Å². The summed E-state index contributed by atoms with van der Waals surface area (Å²) in [6.07, 6.45) is 4.23. The third-order valence-electron chi connectivity index (χ3n) is 4.08. The van der Waals surface area contributed by atoms with Gasteiger partial charge >= 0.3 is 0 Å². The van der Waals surface area contributed by atoms with E-state index in [1.807, 2.05) is 20.8 Å². The van der Waals surface area contributed by atoms with Gasteiger partial charge in [0.05, 0.1) is 12.4 Å². The number of pyridine rings is 1. The summed E-state index contributed by atoms with van der Waals surface area (Å²) in [5.74, 6) is 0.0855. The molecule has 0 saturated heterocycles. The SMILES string of the molecule is CC(C)(C)CNC(=O)C(C)(C)Nc1cnnc(-c2c[nH]c3ncc(F)cc23)n1. The van der Waals surface area contributed by atoms with Gasteiger partial charge in [0, 0.05) is 23.7 Å². The lowest BCUT2D eigenvalue weighted by Gasteiger charge is -2.28. The molecule has 0 bridgehead atoms. The maximum Gasteiger partial charge on any atom is 0.245 e. The summed E-state index contributed by atoms with van der Waals surface area (Å²) in [7, 11) is 0. The molecule has 28 heavy (non-hydrogen) atoms. The largest absolute Gasteiger partial charge is 0.355 e. The summed E-state index contributed by atoms with van der Waals surface area (Å²) >= 11 is 0. The van der Waals surface area contributed by atoms with Crippen LogP contribution in [0, 0.1) is 11.2 Å². The Morgan fingerprint density at radius 1 is 1.21 bits per heavy atom. The molecule has 0 aliphatic carbocycles. The Bertz CT molecular complexity index is 1010. The molecule has 3 rings (SSSR count). The molecule has 0 aromatic carbocycles. The van der Waals surface area contributed by atoms with Gasteiger partial charge < -0.3 is 15.6 Å². The smallest absolute Gasteiger partial charge is 0.245 e. The summed E-state index contributed by atoms with van der Waals surface area (Å²) in [6, 6.07) is 1.36. The van der Waals surface area contributed by atoms with Crippen molar-refractivity contribution in [3.05, 3.63) is 30.5 Å². The second-order valence-electron chi connectivity index (χ2n) is 8.41. The number of nitrogens with zero attached hydrogens (tertiary/aromatic N) is 4. The fourth-order valence-electron chi connectivity index (χ4n) is 2.58. The molecule has 0 radical (unpaired) electrons. The molecule has 3 aromatic rings. The van der Waals surface area contributed by atoms with Gasteiger partial charge in [0.1, 0.15) is 22.8 Å². The van der Waals surface area contributed by atoms with Crippen LogP contribution >= 0.6 is 0 Å². The molecule has 3 aromatic heterocycles. The Kier molecular flexibility index (Phi) is 5.01. The van der Waals surface area contributed by atoms with Crippen molar-refractivity contribution in [2.75, 3.05) is 11.9 Å². The van der Waals surface area contributed by atoms with Crippen LogP contribution in [0.25, 0.3) is 22.4 Å². The highest BCUT2D eigenvalue weighted by atomic mass is 19.1. The van der Waals surface area contributed by atoms with Gasteiger partial charge in [-0.05, 0) is 25.3 Å². The van der Waals surface area contributed by atoms with Crippen molar-refractivity contribution >= 4 is 22.8 Å². The van der Waals surface area contributed by atoms with Gasteiger partial charge in [0.15, 0.2) is 5.82 Å². The maximum absolute atomic E-state index is 13.6. The number of fused-ring (bicyclic) bond motifs is 1. The van der Waals surface area contributed by atoms with Crippen molar-refractivity contribution in [2.24, 2.45) is 5.41 Å². The zero-order valence-corrected chi connectivity index (χ0v) is 16.6. The quantitative estimate of drug-likeness (QED) is 0.623. The Hall–Kier alpha value is -3.10. The number of carbonyl (C=O) groups is 1. The standard InChI is InChI=1S/C19H24FN7O/c1-18(2,3)10-23-17(28)19(4,5)26-14-9-24-27-16(25-14)13-8-22-15-12(13)6-11(20)7-21-15/h6-9H,10H2,1-5H3,(H,21,22)(H,23,28)(H,25,26,27). The topological polar surface area (TPSA) is 108 Å². The van der Waals surface area contributed by atoms with Crippen LogP contribution in [0.2, 0.25) is 0 Å². The average molecular weight is 385 g/mol. The number of H-pyrrole nitrogens is 1. The molecule has 3 heterocycles. The average Bonchev–Trinajstić information content (AvgIpc) is 3.01. The summed E-state index contributed by atoms with van der Waals surface area (Å²) in [5.41, 5.74) is 0.175. The number of aromatic amines is 1. The first kappa shape index (κ1) is 19.7. The van der Waals surface area contributed by atoms with Gasteiger partial charge in [-0.25, -0.2) is 14.4 Å². The van der Waals surface area contributed by atoms with E-state index in [1.54, 1.807) is 20.0 Å². The second-order valence-corrected chi connectivity index (χ2v) is 8.41. The molecule has 8 nitrogen and oxygen atoms in total. The van der Waals surface area contributed by atoms with Crippen LogP contribution in [0.5, 0.6) is 0 Å². The number of anilines is 1. The first-order valence-corrected chi connectivity index (χ1v) is 8.94. The van der Waals surface area contributed by atoms with E-state index in [-0.39, 0.29) is 11.3 Å². The van der Waals surface area contributed by atoms with E-state index in [4.69, 9.17) is 0 Å². The molecule has 0 saturated carbocycles. The molecule has 0 unspecified atom stereocenters. The fraction of sp³-hybridized carbons (Fsp3) is 0.421. The Labute approximate surface area is 162 Å². The lowest BCUT2D eigenvalue weighted by molar-refractivity contribution is -0.124. The molecule has 0 spiro atoms. The monoisotopic (exact) mass is 385 g/mol. The highest BCUT2D eigenvalue weighted by molar-refractivity contribution is 5.92. The molecule has 9 heteroatoms. The van der Waals surface area contributed by atoms with Crippen LogP contribution in [-0.2, 0) is 4.79 Å². The van der Waals surface area contributed by atoms with E-state index in [0.29, 0.717) is 34.8 Å². The second kappa shape index (κ2) is 7.14. The van der Waals surface area contributed by atoms with Gasteiger partial charge in [-0.15, -0.1) is 5.10 Å². The Morgan fingerprint density at radius 2 is 1.96 bits per heavy atom. The van der Waals surface area contributed by atoms with Gasteiger partial charge in [0.2, 0.25) is 5.91 Å². The van der Waals surface area contributed by atoms with E-state index in [0.717, 1.165) is 6.20 Å². The van der Waals surface area contributed by atoms with E-state index < -0.39 is 11.4 Å². The maximum atomic E-state index is 13.6. The van der Waals surface area contributed by atoms with Gasteiger partial charge in [0.25, 0.3) is 0 Å². The minimum Gasteiger partial charge on any atom is -0.355 e. The number of amides is 1. The Balaban J connectivity index is 1.83. The zero-order chi connectivity index (χ0) is 20.5. The van der Waals surface area contributed by atoms with Crippen LogP contribution in [-0.4, -0.2) is 43.1 Å². The normalized spacial score (nSPS) is 12.2. The number of hydrogen-bond acceptors (Lipinski definition) is 6. The van der Waals surface area contributed by atoms with E-state index in [2.05, 4.69) is 35.8 Å². The molecule has 0 fully saturated rings. The molecule has 0 atom stereocenters. The minimum absolute atomic E-state index is 0.0198. The van der Waals surface area contributed by atoms with E-state index >= 15 is 0 Å². The van der Waals surface area contributed by atoms with Crippen molar-refractivity contribution < 1.29 is 9.18 Å². The van der Waals surface area contributed by atoms with E-state index in [1.165, 1.54) is 12.3 Å². The third kappa shape index (κ3) is 4.41. The fourth-order valence-corrected chi connectivity index (χ4v) is 2.58. The predicted molar refractivity (Wildman–Crippen MR) is 105 cm³/mol. The minimum atomic E-state index is -0.910. The number of halogens is 1. The number of aromatic nitrogens is 5. The van der Waals surface area contributed by atoms with Gasteiger partial charge in [-0.2, -0.15) is 5.10 Å². The van der Waals surface area contributed by atoms with E-state index in [9.17, 15) is 9.18 Å². The van der Waals surface area contributed by atoms with Crippen molar-refractivity contribution in [1.82, 2.24) is 30.5 Å². The number of carbonyl (C=O) groups excluding carboxylic acids is 1. The van der Waals surface area contributed by atoms with Crippen molar-refractivity contribution in [3.8, 4) is 11.4 Å². The lowest BCUT2D eigenvalue weighted by Crippen LogP contribution is -2.49. The van der Waals surface area contributed by atoms with Crippen molar-refractivity contribution in [3.63, 3.8) is 0 Å². The van der Waals surface area contributed by atoms with Gasteiger partial charge in [-0.3, -0.25) is 4.79 Å². The van der Waals surface area contributed by atoms with Crippen molar-refractivity contribution in [1.29, 1.82) is 0 Å². The molecule has 1 amide bonds. The van der Waals surface area contributed by atoms with Crippen molar-refractivity contribution in [2.45, 2.75) is 40.2 Å². The summed E-state index contributed by atoms with van der Waals surface area (Å²) < 4.78 is 13.6. The summed E-state index contributed by atoms with van der Waals surface area (Å²) in [6.45, 7) is 10.2. The first-order valence-electron chi connectivity index (χ1n) is 8.94. The van der Waals surface area contributed by atoms with Crippen LogP contribution in [0.15, 0.2) is 24.7 Å². The van der Waals surface area contributed by atoms with Gasteiger partial charge in [-0.1, -0.05) is 20.8 Å². The summed E-state index contributed by atoms with van der Waals surface area (Å²) in [4.78, 5) is 23.9. The lowest BCUT2D eigenvalue weighted by atomic mass is 9.96. The third-order valence-corrected chi connectivity index (χ3v) is 4.08. The number of nitrogens with one attached hydrogen (secondary N) is 3. The molecular formula is C19H24FN7O. The molecule has 0 aliphatic rings. The van der Waals surface area contributed by atoms with Crippen LogP contribution in [0.3, 0.4) is 0 Å². The number of hydrogen-bond donors (Lipinski definition) is 3. The molecule has 0 aliphatic heterocycles. The molecular weight excluding hydrogens is 361 g/mol. The Morgan fingerprint density at radius 3 is 2.68 bits per heavy atom. The van der Waals surface area contributed by atoms with Crippen LogP contribution in [0.1, 0.15) is 34.6 Å². The molecule has 148 valence electrons. The predicted octanol–water partition coefficient (Wildman–Crippen LogP) is 2.91.